The summed E-state index contributed by atoms with van der Waals surface area (Å²) < 4.78 is 73.6. The highest BCUT2D eigenvalue weighted by molar-refractivity contribution is 5.31. The number of halogens is 6. The number of aliphatic hydroxyl groups excluding tert-OH is 1. The quantitative estimate of drug-likeness (QED) is 0.809. The summed E-state index contributed by atoms with van der Waals surface area (Å²) in [6, 6.07) is 4.33. The van der Waals surface area contributed by atoms with Crippen LogP contribution in [0.3, 0.4) is 0 Å². The molecule has 0 spiro atoms. The average molecular weight is 286 g/mol. The van der Waals surface area contributed by atoms with Crippen LogP contribution in [0.25, 0.3) is 0 Å². The first-order chi connectivity index (χ1) is 8.61. The molecule has 0 saturated heterocycles. The van der Waals surface area contributed by atoms with Crippen LogP contribution in [0.4, 0.5) is 26.3 Å². The zero-order valence-corrected chi connectivity index (χ0v) is 9.72. The van der Waals surface area contributed by atoms with E-state index in [1.165, 1.54) is 6.07 Å². The Bertz CT molecular complexity index is 409. The number of hydrogen-bond donors (Lipinski definition) is 1. The van der Waals surface area contributed by atoms with Crippen LogP contribution in [-0.2, 0) is 6.18 Å². The van der Waals surface area contributed by atoms with Gasteiger partial charge in [0.25, 0.3) is 0 Å². The molecule has 7 heteroatoms. The SMILES string of the molecule is OC(CCCC(F)(F)F)c1ccccc1C(F)(F)F. The Balaban J connectivity index is 2.75. The summed E-state index contributed by atoms with van der Waals surface area (Å²) in [6.45, 7) is 0. The summed E-state index contributed by atoms with van der Waals surface area (Å²) in [5, 5.41) is 9.59. The Labute approximate surface area is 105 Å². The van der Waals surface area contributed by atoms with Gasteiger partial charge in [0, 0.05) is 6.42 Å². The van der Waals surface area contributed by atoms with Crippen LogP contribution >= 0.6 is 0 Å². The zero-order chi connectivity index (χ0) is 14.7. The van der Waals surface area contributed by atoms with Crippen molar-refractivity contribution in [3.05, 3.63) is 35.4 Å². The van der Waals surface area contributed by atoms with Crippen LogP contribution in [0.15, 0.2) is 24.3 Å². The lowest BCUT2D eigenvalue weighted by molar-refractivity contribution is -0.141. The second-order valence-corrected chi connectivity index (χ2v) is 4.11. The van der Waals surface area contributed by atoms with Gasteiger partial charge in [-0.3, -0.25) is 0 Å². The Morgan fingerprint density at radius 1 is 1.00 bits per heavy atom. The summed E-state index contributed by atoms with van der Waals surface area (Å²) in [5.41, 5.74) is -1.41. The van der Waals surface area contributed by atoms with E-state index in [0.717, 1.165) is 18.2 Å². The maximum atomic E-state index is 12.6. The van der Waals surface area contributed by atoms with E-state index in [2.05, 4.69) is 0 Å². The van der Waals surface area contributed by atoms with Crippen molar-refractivity contribution in [3.63, 3.8) is 0 Å². The third kappa shape index (κ3) is 5.10. The van der Waals surface area contributed by atoms with Crippen LogP contribution in [0.1, 0.15) is 36.5 Å². The maximum absolute atomic E-state index is 12.6. The molecule has 19 heavy (non-hydrogen) atoms. The van der Waals surface area contributed by atoms with Crippen molar-refractivity contribution in [1.29, 1.82) is 0 Å². The fourth-order valence-electron chi connectivity index (χ4n) is 1.70. The smallest absolute Gasteiger partial charge is 0.388 e. The predicted octanol–water partition coefficient (Wildman–Crippen LogP) is 4.47. The Morgan fingerprint density at radius 2 is 1.58 bits per heavy atom. The first-order valence-electron chi connectivity index (χ1n) is 5.52. The standard InChI is InChI=1S/C12H12F6O/c13-11(14,15)7-3-6-10(19)8-4-1-2-5-9(8)12(16,17)18/h1-2,4-5,10,19H,3,6-7H2. The number of rotatable bonds is 4. The minimum absolute atomic E-state index is 0.368. The third-order valence-corrected chi connectivity index (χ3v) is 2.56. The van der Waals surface area contributed by atoms with Gasteiger partial charge in [0.2, 0.25) is 0 Å². The molecule has 1 aromatic rings. The number of benzene rings is 1. The average Bonchev–Trinajstić information content (AvgIpc) is 2.26. The normalized spacial score (nSPS) is 14.5. The van der Waals surface area contributed by atoms with Crippen molar-refractivity contribution in [2.45, 2.75) is 37.7 Å². The molecular formula is C12H12F6O. The fourth-order valence-corrected chi connectivity index (χ4v) is 1.70. The van der Waals surface area contributed by atoms with Gasteiger partial charge in [-0.1, -0.05) is 18.2 Å². The van der Waals surface area contributed by atoms with Crippen molar-refractivity contribution in [1.82, 2.24) is 0 Å². The van der Waals surface area contributed by atoms with Crippen LogP contribution < -0.4 is 0 Å². The second kappa shape index (κ2) is 5.81. The van der Waals surface area contributed by atoms with Gasteiger partial charge in [0.15, 0.2) is 0 Å². The molecule has 1 rings (SSSR count). The van der Waals surface area contributed by atoms with E-state index < -0.39 is 42.4 Å². The lowest BCUT2D eigenvalue weighted by Gasteiger charge is -2.17. The van der Waals surface area contributed by atoms with Crippen LogP contribution in [-0.4, -0.2) is 11.3 Å². The highest BCUT2D eigenvalue weighted by Crippen LogP contribution is 2.36. The monoisotopic (exact) mass is 286 g/mol. The zero-order valence-electron chi connectivity index (χ0n) is 9.72. The summed E-state index contributed by atoms with van der Waals surface area (Å²) in [7, 11) is 0. The molecule has 0 saturated carbocycles. The van der Waals surface area contributed by atoms with E-state index in [-0.39, 0.29) is 6.42 Å². The van der Waals surface area contributed by atoms with Gasteiger partial charge >= 0.3 is 12.4 Å². The second-order valence-electron chi connectivity index (χ2n) is 4.11. The molecule has 0 fully saturated rings. The molecule has 1 atom stereocenters. The largest absolute Gasteiger partial charge is 0.416 e. The first-order valence-corrected chi connectivity index (χ1v) is 5.52. The van der Waals surface area contributed by atoms with E-state index >= 15 is 0 Å². The molecule has 0 bridgehead atoms. The van der Waals surface area contributed by atoms with Gasteiger partial charge in [0.1, 0.15) is 0 Å². The van der Waals surface area contributed by atoms with E-state index in [0.29, 0.717) is 0 Å². The molecular weight excluding hydrogens is 274 g/mol. The van der Waals surface area contributed by atoms with E-state index in [1.54, 1.807) is 0 Å². The lowest BCUT2D eigenvalue weighted by atomic mass is 9.98. The van der Waals surface area contributed by atoms with Crippen molar-refractivity contribution in [2.24, 2.45) is 0 Å². The molecule has 108 valence electrons. The summed E-state index contributed by atoms with van der Waals surface area (Å²) in [6.07, 6.45) is -12.5. The van der Waals surface area contributed by atoms with Crippen molar-refractivity contribution in [2.75, 3.05) is 0 Å². The molecule has 0 aliphatic heterocycles. The van der Waals surface area contributed by atoms with Gasteiger partial charge in [-0.25, -0.2) is 0 Å². The summed E-state index contributed by atoms with van der Waals surface area (Å²) in [4.78, 5) is 0. The third-order valence-electron chi connectivity index (χ3n) is 2.56. The maximum Gasteiger partial charge on any atom is 0.416 e. The van der Waals surface area contributed by atoms with Crippen molar-refractivity contribution in [3.8, 4) is 0 Å². The molecule has 1 nitrogen and oxygen atoms in total. The highest BCUT2D eigenvalue weighted by atomic mass is 19.4. The van der Waals surface area contributed by atoms with Gasteiger partial charge in [-0.2, -0.15) is 26.3 Å². The number of aliphatic hydroxyl groups is 1. The molecule has 0 heterocycles. The number of hydrogen-bond acceptors (Lipinski definition) is 1. The van der Waals surface area contributed by atoms with Crippen LogP contribution in [0, 0.1) is 0 Å². The van der Waals surface area contributed by atoms with Crippen LogP contribution in [0.2, 0.25) is 0 Å². The van der Waals surface area contributed by atoms with Crippen LogP contribution in [0.5, 0.6) is 0 Å². The first kappa shape index (κ1) is 15.8. The van der Waals surface area contributed by atoms with Gasteiger partial charge < -0.3 is 5.11 Å². The van der Waals surface area contributed by atoms with E-state index in [9.17, 15) is 31.4 Å². The molecule has 1 unspecified atom stereocenters. The number of alkyl halides is 6. The van der Waals surface area contributed by atoms with Gasteiger partial charge in [-0.15, -0.1) is 0 Å². The molecule has 0 aliphatic carbocycles. The topological polar surface area (TPSA) is 20.2 Å². The highest BCUT2D eigenvalue weighted by Gasteiger charge is 2.35. The minimum Gasteiger partial charge on any atom is -0.388 e. The molecule has 0 aromatic heterocycles. The molecule has 1 N–H and O–H groups in total. The van der Waals surface area contributed by atoms with E-state index in [4.69, 9.17) is 0 Å². The molecule has 0 aliphatic rings. The minimum atomic E-state index is -4.64. The Hall–Kier alpha value is -1.24. The molecule has 0 amide bonds. The summed E-state index contributed by atoms with van der Waals surface area (Å²) >= 11 is 0. The lowest BCUT2D eigenvalue weighted by Crippen LogP contribution is -2.13. The van der Waals surface area contributed by atoms with Crippen molar-refractivity contribution >= 4 is 0 Å². The molecule has 1 aromatic carbocycles. The van der Waals surface area contributed by atoms with Crippen molar-refractivity contribution < 1.29 is 31.4 Å². The van der Waals surface area contributed by atoms with Gasteiger partial charge in [-0.05, 0) is 24.5 Å². The molecule has 0 radical (unpaired) electrons. The van der Waals surface area contributed by atoms with E-state index in [1.807, 2.05) is 0 Å². The Morgan fingerprint density at radius 3 is 2.11 bits per heavy atom. The summed E-state index contributed by atoms with van der Waals surface area (Å²) in [5.74, 6) is 0. The van der Waals surface area contributed by atoms with Gasteiger partial charge in [0.05, 0.1) is 11.7 Å². The Kier molecular flexibility index (Phi) is 4.84. The fraction of sp³-hybridized carbons (Fsp3) is 0.500. The predicted molar refractivity (Wildman–Crippen MR) is 56.3 cm³/mol.